The highest BCUT2D eigenvalue weighted by molar-refractivity contribution is 6.35. The van der Waals surface area contributed by atoms with E-state index in [1.54, 1.807) is 0 Å². The fraction of sp³-hybridized carbons (Fsp3) is 1.00. The number of hydrogen-bond donors (Lipinski definition) is 0. The molecule has 1 heteroatoms. The lowest BCUT2D eigenvalue weighted by molar-refractivity contribution is 1.02. The average molecular weight is 97.0 g/mol. The van der Waals surface area contributed by atoms with Gasteiger partial charge in [-0.2, -0.15) is 0 Å². The molecular formula is C6H14B-. The highest BCUT2D eigenvalue weighted by Gasteiger charge is 1.64. The maximum atomic E-state index is 2.36. The Balaban J connectivity index is 2.45. The summed E-state index contributed by atoms with van der Waals surface area (Å²) in [6.45, 7) is 4.43. The van der Waals surface area contributed by atoms with Crippen molar-refractivity contribution in [1.82, 2.24) is 0 Å². The molecule has 0 atom stereocenters. The Labute approximate surface area is 47.6 Å². The van der Waals surface area contributed by atoms with Gasteiger partial charge in [0.2, 0.25) is 0 Å². The molecule has 0 saturated carbocycles. The predicted octanol–water partition coefficient (Wildman–Crippen LogP) is 2.35. The minimum absolute atomic E-state index is 1.30. The van der Waals surface area contributed by atoms with E-state index in [0.717, 1.165) is 0 Å². The third-order valence-corrected chi connectivity index (χ3v) is 0.986. The molecule has 0 rings (SSSR count). The second-order valence-corrected chi connectivity index (χ2v) is 1.87. The Bertz CT molecular complexity index is 23.4. The van der Waals surface area contributed by atoms with Crippen LogP contribution in [0.3, 0.4) is 0 Å². The Hall–Kier alpha value is 0.0649. The van der Waals surface area contributed by atoms with Gasteiger partial charge in [0.25, 0.3) is 0 Å². The third-order valence-electron chi connectivity index (χ3n) is 0.986. The molecule has 0 aliphatic heterocycles. The van der Waals surface area contributed by atoms with E-state index in [1.165, 1.54) is 25.5 Å². The molecule has 0 nitrogen and oxygen atoms in total. The summed E-state index contributed by atoms with van der Waals surface area (Å²) in [7, 11) is 2.36. The van der Waals surface area contributed by atoms with Crippen molar-refractivity contribution in [1.29, 1.82) is 0 Å². The molecule has 42 valence electrons. The standard InChI is InChI=1S/C6H14B/c1-3-5-7-6-4-2/h3-6H2,1-2H3/q-1. The van der Waals surface area contributed by atoms with Gasteiger partial charge in [0.05, 0.1) is 0 Å². The van der Waals surface area contributed by atoms with Crippen LogP contribution in [0.4, 0.5) is 0 Å². The molecule has 2 radical (unpaired) electrons. The van der Waals surface area contributed by atoms with E-state index in [4.69, 9.17) is 0 Å². The lowest BCUT2D eigenvalue weighted by Gasteiger charge is -2.07. The Kier molecular flexibility index (Phi) is 6.12. The highest BCUT2D eigenvalue weighted by atomic mass is 13.7. The van der Waals surface area contributed by atoms with Gasteiger partial charge in [-0.1, -0.05) is 26.7 Å². The lowest BCUT2D eigenvalue weighted by Crippen LogP contribution is -1.84. The predicted molar refractivity (Wildman–Crippen MR) is 35.9 cm³/mol. The van der Waals surface area contributed by atoms with E-state index >= 15 is 0 Å². The topological polar surface area (TPSA) is 0 Å². The minimum atomic E-state index is 1.30. The van der Waals surface area contributed by atoms with Gasteiger partial charge in [-0.3, -0.25) is 0 Å². The summed E-state index contributed by atoms with van der Waals surface area (Å²) in [6, 6.07) is 0. The SMILES string of the molecule is CCC[B-]CCC. The first-order valence-corrected chi connectivity index (χ1v) is 3.23. The lowest BCUT2D eigenvalue weighted by atomic mass is 9.69. The molecule has 0 bridgehead atoms. The highest BCUT2D eigenvalue weighted by Crippen LogP contribution is 1.92. The van der Waals surface area contributed by atoms with Crippen LogP contribution < -0.4 is 0 Å². The summed E-state index contributed by atoms with van der Waals surface area (Å²) in [4.78, 5) is 0. The summed E-state index contributed by atoms with van der Waals surface area (Å²) in [5, 5.41) is 0. The molecule has 0 N–H and O–H groups in total. The number of rotatable bonds is 4. The monoisotopic (exact) mass is 97.1 g/mol. The zero-order valence-corrected chi connectivity index (χ0v) is 5.41. The van der Waals surface area contributed by atoms with Crippen LogP contribution in [0.15, 0.2) is 0 Å². The van der Waals surface area contributed by atoms with E-state index in [1.807, 2.05) is 0 Å². The van der Waals surface area contributed by atoms with Crippen molar-refractivity contribution in [2.24, 2.45) is 0 Å². The first-order valence-electron chi connectivity index (χ1n) is 3.23. The van der Waals surface area contributed by atoms with Crippen LogP contribution in [-0.2, 0) is 0 Å². The van der Waals surface area contributed by atoms with Gasteiger partial charge in [-0.25, -0.2) is 12.6 Å². The van der Waals surface area contributed by atoms with E-state index in [0.29, 0.717) is 0 Å². The first kappa shape index (κ1) is 7.06. The third kappa shape index (κ3) is 6.06. The van der Waals surface area contributed by atoms with Gasteiger partial charge < -0.3 is 7.28 Å². The zero-order chi connectivity index (χ0) is 5.54. The number of hydrogen-bond acceptors (Lipinski definition) is 0. The van der Waals surface area contributed by atoms with Crippen LogP contribution in [0, 0.1) is 0 Å². The Morgan fingerprint density at radius 3 is 1.71 bits per heavy atom. The second-order valence-electron chi connectivity index (χ2n) is 1.87. The van der Waals surface area contributed by atoms with Crippen molar-refractivity contribution in [2.75, 3.05) is 0 Å². The Morgan fingerprint density at radius 1 is 1.00 bits per heavy atom. The molecule has 0 amide bonds. The van der Waals surface area contributed by atoms with Gasteiger partial charge in [0, 0.05) is 0 Å². The fourth-order valence-corrected chi connectivity index (χ4v) is 0.553. The quantitative estimate of drug-likeness (QED) is 0.373. The van der Waals surface area contributed by atoms with E-state index in [2.05, 4.69) is 21.1 Å². The Morgan fingerprint density at radius 2 is 1.43 bits per heavy atom. The summed E-state index contributed by atoms with van der Waals surface area (Å²) in [5.74, 6) is 0. The molecule has 7 heavy (non-hydrogen) atoms. The van der Waals surface area contributed by atoms with E-state index in [9.17, 15) is 0 Å². The molecule has 0 aliphatic rings. The van der Waals surface area contributed by atoms with Crippen molar-refractivity contribution in [3.63, 3.8) is 0 Å². The molecule has 0 aliphatic carbocycles. The first-order chi connectivity index (χ1) is 3.41. The molecule has 0 spiro atoms. The molecular weight excluding hydrogens is 82.9 g/mol. The van der Waals surface area contributed by atoms with Gasteiger partial charge in [0.1, 0.15) is 0 Å². The molecule has 0 aromatic carbocycles. The summed E-state index contributed by atoms with van der Waals surface area (Å²) in [6.07, 6.45) is 5.21. The van der Waals surface area contributed by atoms with Crippen LogP contribution in [0.5, 0.6) is 0 Å². The van der Waals surface area contributed by atoms with Gasteiger partial charge >= 0.3 is 0 Å². The van der Waals surface area contributed by atoms with Crippen molar-refractivity contribution in [2.45, 2.75) is 39.3 Å². The van der Waals surface area contributed by atoms with Gasteiger partial charge in [-0.05, 0) is 0 Å². The van der Waals surface area contributed by atoms with Crippen LogP contribution in [0.2, 0.25) is 12.6 Å². The largest absolute Gasteiger partial charge is 0.336 e. The molecule has 0 aromatic rings. The summed E-state index contributed by atoms with van der Waals surface area (Å²) in [5.41, 5.74) is 0. The normalized spacial score (nSPS) is 9.43. The fourth-order valence-electron chi connectivity index (χ4n) is 0.553. The maximum Gasteiger partial charge on any atom is -0.0686 e. The molecule has 0 fully saturated rings. The second kappa shape index (κ2) is 6.06. The van der Waals surface area contributed by atoms with Crippen molar-refractivity contribution in [3.05, 3.63) is 0 Å². The minimum Gasteiger partial charge on any atom is -0.336 e. The maximum absolute atomic E-state index is 2.36. The van der Waals surface area contributed by atoms with E-state index < -0.39 is 0 Å². The van der Waals surface area contributed by atoms with E-state index in [-0.39, 0.29) is 0 Å². The van der Waals surface area contributed by atoms with Crippen molar-refractivity contribution < 1.29 is 0 Å². The summed E-state index contributed by atoms with van der Waals surface area (Å²) < 4.78 is 0. The summed E-state index contributed by atoms with van der Waals surface area (Å²) >= 11 is 0. The van der Waals surface area contributed by atoms with Crippen LogP contribution in [-0.4, -0.2) is 7.28 Å². The molecule has 0 heterocycles. The van der Waals surface area contributed by atoms with Crippen LogP contribution in [0.1, 0.15) is 26.7 Å². The van der Waals surface area contributed by atoms with Crippen LogP contribution in [0.25, 0.3) is 0 Å². The van der Waals surface area contributed by atoms with Crippen molar-refractivity contribution >= 4 is 7.28 Å². The zero-order valence-electron chi connectivity index (χ0n) is 5.41. The van der Waals surface area contributed by atoms with Crippen LogP contribution >= 0.6 is 0 Å². The van der Waals surface area contributed by atoms with Gasteiger partial charge in [0.15, 0.2) is 0 Å². The smallest absolute Gasteiger partial charge is 0.0686 e. The molecule has 0 aromatic heterocycles. The van der Waals surface area contributed by atoms with Crippen molar-refractivity contribution in [3.8, 4) is 0 Å². The molecule has 0 unspecified atom stereocenters. The van der Waals surface area contributed by atoms with Gasteiger partial charge in [-0.15, -0.1) is 0 Å². The molecule has 0 saturated heterocycles. The average Bonchev–Trinajstić information content (AvgIpc) is 1.69.